The normalized spacial score (nSPS) is 40.8. The fourth-order valence-corrected chi connectivity index (χ4v) is 9.09. The highest BCUT2D eigenvalue weighted by atomic mass is 32.2. The number of fused-ring (bicyclic) bond motifs is 8. The molecule has 2 heterocycles. The van der Waals surface area contributed by atoms with Crippen LogP contribution in [0.2, 0.25) is 0 Å². The molecule has 3 aliphatic carbocycles. The summed E-state index contributed by atoms with van der Waals surface area (Å²) in [7, 11) is 0. The van der Waals surface area contributed by atoms with Crippen molar-refractivity contribution in [3.8, 4) is 0 Å². The van der Waals surface area contributed by atoms with Crippen LogP contribution in [0.4, 0.5) is 0 Å². The van der Waals surface area contributed by atoms with Crippen molar-refractivity contribution in [1.29, 1.82) is 0 Å². The van der Waals surface area contributed by atoms with Crippen LogP contribution in [0.5, 0.6) is 0 Å². The Morgan fingerprint density at radius 2 is 1.90 bits per heavy atom. The maximum atomic E-state index is 11.9. The highest BCUT2D eigenvalue weighted by Crippen LogP contribution is 2.67. The van der Waals surface area contributed by atoms with Crippen molar-refractivity contribution in [3.05, 3.63) is 14.5 Å². The molecule has 3 fully saturated rings. The van der Waals surface area contributed by atoms with Gasteiger partial charge in [-0.05, 0) is 49.9 Å². The largest absolute Gasteiger partial charge is 0.307 e. The van der Waals surface area contributed by atoms with E-state index in [0.717, 1.165) is 23.0 Å². The standard InChI is InChI=1S/C16H21NOS2/c18-15-17-14-13(20-15)16(6-2-1-3-7-16)11-9-4-5-10(8-9)12(11)19-14/h9-12H,1-8H2,(H,17,18)/t9-,10-,11+,12-/m1/s1. The fourth-order valence-electron chi connectivity index (χ4n) is 5.93. The zero-order valence-corrected chi connectivity index (χ0v) is 13.3. The van der Waals surface area contributed by atoms with E-state index in [1.165, 1.54) is 72.6 Å². The Kier molecular flexibility index (Phi) is 2.57. The fraction of sp³-hybridized carbons (Fsp3) is 0.812. The third kappa shape index (κ3) is 1.45. The van der Waals surface area contributed by atoms with E-state index in [1.807, 2.05) is 11.8 Å². The van der Waals surface area contributed by atoms with Crippen LogP contribution >= 0.6 is 23.1 Å². The molecule has 4 atom stereocenters. The minimum atomic E-state index is 0.180. The molecule has 1 aromatic rings. The number of aromatic nitrogens is 1. The monoisotopic (exact) mass is 307 g/mol. The highest BCUT2D eigenvalue weighted by molar-refractivity contribution is 8.00. The second-order valence-electron chi connectivity index (χ2n) is 7.33. The molecule has 2 bridgehead atoms. The van der Waals surface area contributed by atoms with E-state index in [2.05, 4.69) is 4.98 Å². The first kappa shape index (κ1) is 12.3. The van der Waals surface area contributed by atoms with Crippen molar-refractivity contribution in [2.75, 3.05) is 0 Å². The van der Waals surface area contributed by atoms with Crippen LogP contribution in [0.25, 0.3) is 0 Å². The van der Waals surface area contributed by atoms with Crippen LogP contribution in [0.3, 0.4) is 0 Å². The number of nitrogens with one attached hydrogen (secondary N) is 1. The molecule has 1 spiro atoms. The summed E-state index contributed by atoms with van der Waals surface area (Å²) < 4.78 is 0. The summed E-state index contributed by atoms with van der Waals surface area (Å²) in [5.41, 5.74) is 0.382. The Labute approximate surface area is 127 Å². The SMILES string of the molecule is O=c1[nH]c2c(s1)C1(CCCCC1)[C@H]1[C@@H]3CC[C@H](C3)[C@H]1S2. The topological polar surface area (TPSA) is 32.9 Å². The lowest BCUT2D eigenvalue weighted by atomic mass is 9.60. The summed E-state index contributed by atoms with van der Waals surface area (Å²) in [5.74, 6) is 2.77. The number of hydrogen-bond donors (Lipinski definition) is 1. The van der Waals surface area contributed by atoms with Crippen LogP contribution in [-0.4, -0.2) is 10.2 Å². The number of thioether (sulfide) groups is 1. The second kappa shape index (κ2) is 4.16. The number of hydrogen-bond acceptors (Lipinski definition) is 3. The van der Waals surface area contributed by atoms with Gasteiger partial charge in [-0.2, -0.15) is 0 Å². The number of rotatable bonds is 0. The van der Waals surface area contributed by atoms with Gasteiger partial charge in [0.15, 0.2) is 0 Å². The van der Waals surface area contributed by atoms with Gasteiger partial charge in [-0.15, -0.1) is 11.8 Å². The van der Waals surface area contributed by atoms with E-state index in [1.54, 1.807) is 0 Å². The summed E-state index contributed by atoms with van der Waals surface area (Å²) in [6.07, 6.45) is 11.2. The third-order valence-electron chi connectivity index (χ3n) is 6.55. The smallest absolute Gasteiger partial charge is 0.305 e. The van der Waals surface area contributed by atoms with Gasteiger partial charge in [0.25, 0.3) is 0 Å². The number of aromatic amines is 1. The molecular weight excluding hydrogens is 286 g/mol. The summed E-state index contributed by atoms with van der Waals surface area (Å²) in [5, 5.41) is 2.07. The first-order valence-corrected chi connectivity index (χ1v) is 9.88. The molecule has 4 heteroatoms. The van der Waals surface area contributed by atoms with Crippen LogP contribution in [0, 0.1) is 17.8 Å². The van der Waals surface area contributed by atoms with E-state index in [0.29, 0.717) is 5.41 Å². The van der Waals surface area contributed by atoms with Crippen LogP contribution in [0.15, 0.2) is 9.82 Å². The second-order valence-corrected chi connectivity index (χ2v) is 9.50. The van der Waals surface area contributed by atoms with Gasteiger partial charge in [0.05, 0.1) is 5.03 Å². The Hall–Kier alpha value is -0.220. The molecule has 108 valence electrons. The Bertz CT molecular complexity index is 598. The van der Waals surface area contributed by atoms with Gasteiger partial charge in [0.1, 0.15) is 0 Å². The molecule has 2 nitrogen and oxygen atoms in total. The van der Waals surface area contributed by atoms with Gasteiger partial charge in [-0.25, -0.2) is 0 Å². The third-order valence-corrected chi connectivity index (χ3v) is 9.27. The van der Waals surface area contributed by atoms with Crippen LogP contribution in [-0.2, 0) is 5.41 Å². The maximum Gasteiger partial charge on any atom is 0.305 e. The van der Waals surface area contributed by atoms with Gasteiger partial charge in [0, 0.05) is 15.5 Å². The molecule has 1 N–H and O–H groups in total. The summed E-state index contributed by atoms with van der Waals surface area (Å²) >= 11 is 3.57. The average molecular weight is 307 g/mol. The van der Waals surface area contributed by atoms with Crippen LogP contribution in [0.1, 0.15) is 56.2 Å². The first-order chi connectivity index (χ1) is 9.78. The van der Waals surface area contributed by atoms with Crippen molar-refractivity contribution in [2.45, 2.75) is 67.1 Å². The summed E-state index contributed by atoms with van der Waals surface area (Å²) in [4.78, 5) is 16.7. The lowest BCUT2D eigenvalue weighted by molar-refractivity contribution is 0.135. The quantitative estimate of drug-likeness (QED) is 0.780. The Balaban J connectivity index is 1.70. The van der Waals surface area contributed by atoms with Gasteiger partial charge >= 0.3 is 4.87 Å². The van der Waals surface area contributed by atoms with E-state index >= 15 is 0 Å². The summed E-state index contributed by atoms with van der Waals surface area (Å²) in [6, 6.07) is 0. The highest BCUT2D eigenvalue weighted by Gasteiger charge is 2.60. The van der Waals surface area contributed by atoms with Crippen LogP contribution < -0.4 is 4.87 Å². The molecule has 0 aromatic carbocycles. The maximum absolute atomic E-state index is 11.9. The van der Waals surface area contributed by atoms with Crippen molar-refractivity contribution in [2.24, 2.45) is 17.8 Å². The molecular formula is C16H21NOS2. The van der Waals surface area contributed by atoms with Gasteiger partial charge in [0.2, 0.25) is 0 Å². The summed E-state index contributed by atoms with van der Waals surface area (Å²) in [6.45, 7) is 0. The van der Waals surface area contributed by atoms with E-state index in [-0.39, 0.29) is 4.87 Å². The molecule has 0 unspecified atom stereocenters. The average Bonchev–Trinajstić information content (AvgIpc) is 3.14. The molecule has 5 rings (SSSR count). The lowest BCUT2D eigenvalue weighted by Crippen LogP contribution is -2.47. The van der Waals surface area contributed by atoms with Gasteiger partial charge in [-0.1, -0.05) is 30.6 Å². The lowest BCUT2D eigenvalue weighted by Gasteiger charge is -2.51. The van der Waals surface area contributed by atoms with E-state index in [4.69, 9.17) is 0 Å². The Morgan fingerprint density at radius 3 is 2.75 bits per heavy atom. The molecule has 3 saturated carbocycles. The predicted molar refractivity (Wildman–Crippen MR) is 83.7 cm³/mol. The zero-order chi connectivity index (χ0) is 13.3. The van der Waals surface area contributed by atoms with Crippen molar-refractivity contribution < 1.29 is 0 Å². The molecule has 20 heavy (non-hydrogen) atoms. The van der Waals surface area contributed by atoms with Crippen molar-refractivity contribution in [1.82, 2.24) is 4.98 Å². The van der Waals surface area contributed by atoms with Gasteiger partial charge in [-0.3, -0.25) is 4.79 Å². The molecule has 1 aliphatic heterocycles. The molecule has 0 saturated heterocycles. The number of thiazole rings is 1. The minimum Gasteiger partial charge on any atom is -0.307 e. The van der Waals surface area contributed by atoms with Crippen molar-refractivity contribution in [3.63, 3.8) is 0 Å². The molecule has 0 amide bonds. The van der Waals surface area contributed by atoms with E-state index < -0.39 is 0 Å². The molecule has 0 radical (unpaired) electrons. The van der Waals surface area contributed by atoms with Gasteiger partial charge < -0.3 is 4.98 Å². The predicted octanol–water partition coefficient (Wildman–Crippen LogP) is 4.16. The minimum absolute atomic E-state index is 0.180. The van der Waals surface area contributed by atoms with E-state index in [9.17, 15) is 4.79 Å². The Morgan fingerprint density at radius 1 is 1.10 bits per heavy atom. The van der Waals surface area contributed by atoms with Crippen molar-refractivity contribution >= 4 is 23.1 Å². The number of H-pyrrole nitrogens is 1. The molecule has 4 aliphatic rings. The molecule has 1 aromatic heterocycles. The first-order valence-electron chi connectivity index (χ1n) is 8.18. The zero-order valence-electron chi connectivity index (χ0n) is 11.7.